The first-order valence-electron chi connectivity index (χ1n) is 13.5. The molecule has 1 N–H and O–H groups in total. The number of thiazole rings is 1. The normalized spacial score (nSPS) is 19.7. The van der Waals surface area contributed by atoms with Gasteiger partial charge < -0.3 is 14.6 Å². The van der Waals surface area contributed by atoms with Crippen molar-refractivity contribution in [1.82, 2.24) is 4.98 Å². The van der Waals surface area contributed by atoms with Gasteiger partial charge in [-0.15, -0.1) is 0 Å². The maximum absolute atomic E-state index is 13.7. The van der Waals surface area contributed by atoms with Crippen LogP contribution < -0.4 is 14.4 Å². The molecule has 204 valence electrons. The maximum Gasteiger partial charge on any atom is 0.301 e. The molecule has 0 saturated carbocycles. The zero-order chi connectivity index (χ0) is 28.0. The van der Waals surface area contributed by atoms with Crippen LogP contribution in [0.2, 0.25) is 0 Å². The lowest BCUT2D eigenvalue weighted by Crippen LogP contribution is -2.29. The lowest BCUT2D eigenvalue weighted by Gasteiger charge is -2.23. The van der Waals surface area contributed by atoms with Gasteiger partial charge in [-0.25, -0.2) is 4.98 Å². The Hall–Kier alpha value is -4.17. The average Bonchev–Trinajstić information content (AvgIpc) is 3.60. The number of aliphatic hydroxyl groups is 1. The summed E-state index contributed by atoms with van der Waals surface area (Å²) >= 11 is 1.35. The highest BCUT2D eigenvalue weighted by Crippen LogP contribution is 2.45. The molecule has 7 nitrogen and oxygen atoms in total. The van der Waals surface area contributed by atoms with Crippen molar-refractivity contribution in [3.8, 4) is 11.5 Å². The van der Waals surface area contributed by atoms with E-state index in [1.807, 2.05) is 62.4 Å². The standard InChI is InChI=1S/C32H30N2O5S/c1-4-5-13-38-23-8-6-7-20(17-23)28-27(29(35)21-10-12-25-22(16-21)15-19(3)39-25)30(36)31(37)34(28)32-33-24-11-9-18(2)14-26(24)40-32/h6-12,14,16-17,19,28,35H,4-5,13,15H2,1-3H3/b29-27+/t19-,28-/m1/s1. The molecular formula is C32H30N2O5S. The first-order valence-corrected chi connectivity index (χ1v) is 14.4. The van der Waals surface area contributed by atoms with Gasteiger partial charge in [0.25, 0.3) is 5.78 Å². The summed E-state index contributed by atoms with van der Waals surface area (Å²) in [5.74, 6) is -0.288. The molecule has 1 fully saturated rings. The summed E-state index contributed by atoms with van der Waals surface area (Å²) in [6.07, 6.45) is 2.66. The minimum Gasteiger partial charge on any atom is -0.507 e. The van der Waals surface area contributed by atoms with E-state index in [0.29, 0.717) is 35.0 Å². The number of anilines is 1. The molecule has 1 aromatic heterocycles. The second kappa shape index (κ2) is 10.4. The van der Waals surface area contributed by atoms with Crippen LogP contribution in [-0.4, -0.2) is 34.5 Å². The number of unbranched alkanes of at least 4 members (excludes halogenated alkanes) is 1. The summed E-state index contributed by atoms with van der Waals surface area (Å²) in [4.78, 5) is 33.4. The number of amides is 1. The van der Waals surface area contributed by atoms with Gasteiger partial charge in [-0.1, -0.05) is 42.9 Å². The molecule has 1 saturated heterocycles. The summed E-state index contributed by atoms with van der Waals surface area (Å²) in [5.41, 5.74) is 3.93. The quantitative estimate of drug-likeness (QED) is 0.118. The second-order valence-electron chi connectivity index (χ2n) is 10.4. The number of aromatic nitrogens is 1. The van der Waals surface area contributed by atoms with Gasteiger partial charge in [0.1, 0.15) is 23.4 Å². The number of Topliss-reactive ketones (excluding diaryl/α,β-unsaturated/α-hetero) is 1. The molecule has 3 heterocycles. The van der Waals surface area contributed by atoms with Gasteiger partial charge in [0.2, 0.25) is 0 Å². The van der Waals surface area contributed by atoms with Crippen LogP contribution >= 0.6 is 11.3 Å². The van der Waals surface area contributed by atoms with Gasteiger partial charge in [0, 0.05) is 12.0 Å². The number of carbonyl (C=O) groups excluding carboxylic acids is 2. The first kappa shape index (κ1) is 26.1. The number of carbonyl (C=O) groups is 2. The van der Waals surface area contributed by atoms with Crippen LogP contribution in [0.3, 0.4) is 0 Å². The molecule has 6 rings (SSSR count). The van der Waals surface area contributed by atoms with E-state index in [1.54, 1.807) is 12.1 Å². The van der Waals surface area contributed by atoms with Crippen molar-refractivity contribution < 1.29 is 24.2 Å². The largest absolute Gasteiger partial charge is 0.507 e. The summed E-state index contributed by atoms with van der Waals surface area (Å²) < 4.78 is 12.7. The molecule has 4 aromatic rings. The van der Waals surface area contributed by atoms with Gasteiger partial charge in [-0.3, -0.25) is 14.5 Å². The Morgan fingerprint density at radius 2 is 2.00 bits per heavy atom. The maximum atomic E-state index is 13.7. The van der Waals surface area contributed by atoms with Gasteiger partial charge in [-0.05, 0) is 79.4 Å². The van der Waals surface area contributed by atoms with Crippen molar-refractivity contribution in [3.63, 3.8) is 0 Å². The van der Waals surface area contributed by atoms with Gasteiger partial charge in [0.15, 0.2) is 5.13 Å². The zero-order valence-corrected chi connectivity index (χ0v) is 23.5. The number of aryl methyl sites for hydroxylation is 1. The SMILES string of the molecule is CCCCOc1cccc([C@@H]2/C(=C(\O)c3ccc4c(c3)C[C@@H](C)O4)C(=O)C(=O)N2c2nc3ccc(C)cc3s2)c1. The fraction of sp³-hybridized carbons (Fsp3) is 0.281. The van der Waals surface area contributed by atoms with Crippen LogP contribution in [0.15, 0.2) is 66.2 Å². The second-order valence-corrected chi connectivity index (χ2v) is 11.4. The number of ketones is 1. The van der Waals surface area contributed by atoms with E-state index >= 15 is 0 Å². The fourth-order valence-electron chi connectivity index (χ4n) is 5.30. The molecule has 0 spiro atoms. The molecular weight excluding hydrogens is 524 g/mol. The van der Waals surface area contributed by atoms with Crippen molar-refractivity contribution in [1.29, 1.82) is 0 Å². The number of rotatable bonds is 7. The third-order valence-corrected chi connectivity index (χ3v) is 8.31. The molecule has 0 unspecified atom stereocenters. The number of benzene rings is 3. The lowest BCUT2D eigenvalue weighted by atomic mass is 9.94. The lowest BCUT2D eigenvalue weighted by molar-refractivity contribution is -0.132. The van der Waals surface area contributed by atoms with Gasteiger partial charge in [-0.2, -0.15) is 0 Å². The predicted molar refractivity (Wildman–Crippen MR) is 156 cm³/mol. The van der Waals surface area contributed by atoms with Crippen molar-refractivity contribution >= 4 is 44.1 Å². The molecule has 8 heteroatoms. The van der Waals surface area contributed by atoms with E-state index in [0.717, 1.165) is 39.9 Å². The number of hydrogen-bond donors (Lipinski definition) is 1. The molecule has 0 aliphatic carbocycles. The van der Waals surface area contributed by atoms with Crippen molar-refractivity contribution in [3.05, 3.63) is 88.5 Å². The molecule has 2 aliphatic rings. The Morgan fingerprint density at radius 1 is 1.15 bits per heavy atom. The molecule has 2 atom stereocenters. The number of fused-ring (bicyclic) bond motifs is 2. The number of ether oxygens (including phenoxy) is 2. The summed E-state index contributed by atoms with van der Waals surface area (Å²) in [6.45, 7) is 6.64. The minimum absolute atomic E-state index is 0.0260. The van der Waals surface area contributed by atoms with Crippen LogP contribution in [0.5, 0.6) is 11.5 Å². The van der Waals surface area contributed by atoms with E-state index in [2.05, 4.69) is 6.92 Å². The van der Waals surface area contributed by atoms with Crippen LogP contribution in [-0.2, 0) is 16.0 Å². The van der Waals surface area contributed by atoms with E-state index in [1.165, 1.54) is 16.2 Å². The fourth-order valence-corrected chi connectivity index (χ4v) is 6.39. The topological polar surface area (TPSA) is 89.0 Å². The first-order chi connectivity index (χ1) is 19.3. The summed E-state index contributed by atoms with van der Waals surface area (Å²) in [7, 11) is 0. The van der Waals surface area contributed by atoms with E-state index in [9.17, 15) is 14.7 Å². The third-order valence-electron chi connectivity index (χ3n) is 7.29. The Morgan fingerprint density at radius 3 is 2.83 bits per heavy atom. The minimum atomic E-state index is -0.875. The van der Waals surface area contributed by atoms with Crippen LogP contribution in [0.4, 0.5) is 5.13 Å². The smallest absolute Gasteiger partial charge is 0.301 e. The Labute approximate surface area is 236 Å². The molecule has 0 bridgehead atoms. The van der Waals surface area contributed by atoms with Gasteiger partial charge in [0.05, 0.1) is 28.4 Å². The summed E-state index contributed by atoms with van der Waals surface area (Å²) in [5, 5.41) is 12.0. The predicted octanol–water partition coefficient (Wildman–Crippen LogP) is 6.73. The van der Waals surface area contributed by atoms with E-state index in [4.69, 9.17) is 14.5 Å². The third kappa shape index (κ3) is 4.62. The number of nitrogens with zero attached hydrogens (tertiary/aromatic N) is 2. The Balaban J connectivity index is 1.50. The van der Waals surface area contributed by atoms with Crippen molar-refractivity contribution in [2.75, 3.05) is 11.5 Å². The number of hydrogen-bond acceptors (Lipinski definition) is 7. The Bertz CT molecular complexity index is 1670. The van der Waals surface area contributed by atoms with Crippen LogP contribution in [0.25, 0.3) is 16.0 Å². The van der Waals surface area contributed by atoms with Crippen LogP contribution in [0, 0.1) is 6.92 Å². The highest BCUT2D eigenvalue weighted by molar-refractivity contribution is 7.22. The van der Waals surface area contributed by atoms with Gasteiger partial charge >= 0.3 is 5.91 Å². The average molecular weight is 555 g/mol. The molecule has 0 radical (unpaired) electrons. The molecule has 2 aliphatic heterocycles. The van der Waals surface area contributed by atoms with Crippen molar-refractivity contribution in [2.45, 2.75) is 52.2 Å². The highest BCUT2D eigenvalue weighted by atomic mass is 32.1. The van der Waals surface area contributed by atoms with Crippen molar-refractivity contribution in [2.24, 2.45) is 0 Å². The molecule has 3 aromatic carbocycles. The highest BCUT2D eigenvalue weighted by Gasteiger charge is 2.48. The van der Waals surface area contributed by atoms with Crippen LogP contribution in [0.1, 0.15) is 55.0 Å². The Kier molecular flexibility index (Phi) is 6.80. The van der Waals surface area contributed by atoms with E-state index < -0.39 is 17.7 Å². The monoisotopic (exact) mass is 554 g/mol. The summed E-state index contributed by atoms with van der Waals surface area (Å²) in [6, 6.07) is 17.8. The molecule has 40 heavy (non-hydrogen) atoms. The van der Waals surface area contributed by atoms with E-state index in [-0.39, 0.29) is 17.4 Å². The number of aliphatic hydroxyl groups excluding tert-OH is 1. The molecule has 1 amide bonds. The zero-order valence-electron chi connectivity index (χ0n) is 22.6.